The van der Waals surface area contributed by atoms with E-state index in [4.69, 9.17) is 9.84 Å². The van der Waals surface area contributed by atoms with Crippen LogP contribution < -0.4 is 0 Å². The summed E-state index contributed by atoms with van der Waals surface area (Å²) in [5.74, 6) is -0.688. The van der Waals surface area contributed by atoms with Crippen molar-refractivity contribution in [2.75, 3.05) is 19.0 Å². The number of aliphatic carboxylic acids is 1. The number of carboxylic acids is 1. The Morgan fingerprint density at radius 3 is 2.65 bits per heavy atom. The predicted molar refractivity (Wildman–Crippen MR) is 103 cm³/mol. The Morgan fingerprint density at radius 2 is 2.00 bits per heavy atom. The van der Waals surface area contributed by atoms with Crippen molar-refractivity contribution in [2.45, 2.75) is 69.5 Å². The van der Waals surface area contributed by atoms with E-state index < -0.39 is 24.3 Å². The van der Waals surface area contributed by atoms with E-state index in [1.807, 2.05) is 19.1 Å². The average Bonchev–Trinajstić information content (AvgIpc) is 2.85. The van der Waals surface area contributed by atoms with Crippen LogP contribution >= 0.6 is 11.8 Å². The highest BCUT2D eigenvalue weighted by Gasteiger charge is 2.41. The molecule has 1 rings (SSSR count). The van der Waals surface area contributed by atoms with Crippen molar-refractivity contribution in [2.24, 2.45) is 11.8 Å². The zero-order valence-electron chi connectivity index (χ0n) is 15.8. The van der Waals surface area contributed by atoms with Gasteiger partial charge in [0.2, 0.25) is 0 Å². The summed E-state index contributed by atoms with van der Waals surface area (Å²) in [6, 6.07) is 0. The first-order valence-corrected chi connectivity index (χ1v) is 10.5. The van der Waals surface area contributed by atoms with Crippen LogP contribution in [0.15, 0.2) is 12.2 Å². The van der Waals surface area contributed by atoms with E-state index in [2.05, 4.69) is 0 Å². The fourth-order valence-electron chi connectivity index (χ4n) is 3.10. The molecule has 7 heteroatoms. The number of rotatable bonds is 13. The highest BCUT2D eigenvalue weighted by Crippen LogP contribution is 2.38. The Kier molecular flexibility index (Phi) is 11.5. The summed E-state index contributed by atoms with van der Waals surface area (Å²) in [5.41, 5.74) is 0. The number of aliphatic hydroxyl groups is 3. The Hall–Kier alpha value is -0.600. The van der Waals surface area contributed by atoms with E-state index in [9.17, 15) is 20.1 Å². The van der Waals surface area contributed by atoms with E-state index >= 15 is 0 Å². The van der Waals surface area contributed by atoms with Crippen LogP contribution in [0.5, 0.6) is 0 Å². The fourth-order valence-corrected chi connectivity index (χ4v) is 4.58. The molecule has 4 N–H and O–H groups in total. The van der Waals surface area contributed by atoms with Crippen LogP contribution in [0.2, 0.25) is 0 Å². The van der Waals surface area contributed by atoms with Crippen molar-refractivity contribution < 1.29 is 30.0 Å². The molecule has 1 aliphatic carbocycles. The third-order valence-corrected chi connectivity index (χ3v) is 6.45. The van der Waals surface area contributed by atoms with Gasteiger partial charge in [-0.1, -0.05) is 19.1 Å². The molecular formula is C19H34O6S. The Labute approximate surface area is 160 Å². The van der Waals surface area contributed by atoms with Gasteiger partial charge in [-0.25, -0.2) is 0 Å². The van der Waals surface area contributed by atoms with Crippen molar-refractivity contribution in [3.8, 4) is 0 Å². The molecule has 26 heavy (non-hydrogen) atoms. The molecular weight excluding hydrogens is 356 g/mol. The van der Waals surface area contributed by atoms with Crippen LogP contribution in [0.4, 0.5) is 0 Å². The van der Waals surface area contributed by atoms with Crippen LogP contribution in [0.3, 0.4) is 0 Å². The van der Waals surface area contributed by atoms with Crippen LogP contribution in [0.25, 0.3) is 0 Å². The molecule has 0 aliphatic heterocycles. The quantitative estimate of drug-likeness (QED) is 0.282. The van der Waals surface area contributed by atoms with Crippen molar-refractivity contribution in [1.29, 1.82) is 0 Å². The fraction of sp³-hybridized carbons (Fsp3) is 0.842. The van der Waals surface area contributed by atoms with Gasteiger partial charge in [0, 0.05) is 36.6 Å². The lowest BCUT2D eigenvalue weighted by atomic mass is 10.00. The molecule has 0 heterocycles. The average molecular weight is 391 g/mol. The smallest absolute Gasteiger partial charge is 0.306 e. The number of thioether (sulfide) groups is 1. The zero-order valence-corrected chi connectivity index (χ0v) is 16.6. The predicted octanol–water partition coefficient (Wildman–Crippen LogP) is 2.06. The van der Waals surface area contributed by atoms with Gasteiger partial charge in [-0.05, 0) is 32.6 Å². The second kappa shape index (κ2) is 12.7. The van der Waals surface area contributed by atoms with Gasteiger partial charge < -0.3 is 25.2 Å². The molecule has 6 nitrogen and oxygen atoms in total. The third-order valence-electron chi connectivity index (χ3n) is 4.82. The number of aliphatic hydroxyl groups excluding tert-OH is 3. The van der Waals surface area contributed by atoms with E-state index in [1.165, 1.54) is 11.8 Å². The van der Waals surface area contributed by atoms with E-state index in [0.29, 0.717) is 51.1 Å². The molecule has 1 saturated carbocycles. The number of carbonyl (C=O) groups is 1. The minimum Gasteiger partial charge on any atom is -0.481 e. The minimum absolute atomic E-state index is 0.0535. The molecule has 0 radical (unpaired) electrons. The second-order valence-electron chi connectivity index (χ2n) is 7.00. The lowest BCUT2D eigenvalue weighted by Crippen LogP contribution is -2.27. The summed E-state index contributed by atoms with van der Waals surface area (Å²) in [4.78, 5) is 10.8. The first kappa shape index (κ1) is 23.4. The van der Waals surface area contributed by atoms with Crippen molar-refractivity contribution in [3.63, 3.8) is 0 Å². The lowest BCUT2D eigenvalue weighted by Gasteiger charge is -2.23. The van der Waals surface area contributed by atoms with Crippen molar-refractivity contribution >= 4 is 17.7 Å². The van der Waals surface area contributed by atoms with Gasteiger partial charge in [0.05, 0.1) is 24.2 Å². The molecule has 4 unspecified atom stereocenters. The molecule has 152 valence electrons. The SMILES string of the molecule is CCOCCC(O)CS[C@H]1C(O)CC(O)[C@@H]1CC=CCCC(C)C(=O)O. The topological polar surface area (TPSA) is 107 Å². The van der Waals surface area contributed by atoms with Gasteiger partial charge >= 0.3 is 5.97 Å². The van der Waals surface area contributed by atoms with Crippen molar-refractivity contribution in [1.82, 2.24) is 0 Å². The van der Waals surface area contributed by atoms with Gasteiger partial charge in [0.15, 0.2) is 0 Å². The van der Waals surface area contributed by atoms with E-state index in [-0.39, 0.29) is 17.1 Å². The number of hydrogen-bond donors (Lipinski definition) is 4. The Balaban J connectivity index is 2.40. The maximum absolute atomic E-state index is 10.8. The molecule has 1 aliphatic rings. The van der Waals surface area contributed by atoms with Crippen LogP contribution in [0, 0.1) is 11.8 Å². The minimum atomic E-state index is -0.785. The standard InChI is InChI=1S/C19H34O6S/c1-3-25-10-9-14(20)12-26-18-15(16(21)11-17(18)22)8-6-4-5-7-13(2)19(23)24/h4,6,13-18,20-22H,3,5,7-12H2,1-2H3,(H,23,24)/t13?,14?,15-,16?,17?,18+/m0/s1. The Morgan fingerprint density at radius 1 is 1.27 bits per heavy atom. The number of allylic oxidation sites excluding steroid dienone is 2. The van der Waals surface area contributed by atoms with Crippen LogP contribution in [-0.4, -0.2) is 68.9 Å². The lowest BCUT2D eigenvalue weighted by molar-refractivity contribution is -0.141. The maximum atomic E-state index is 10.8. The van der Waals surface area contributed by atoms with E-state index in [1.54, 1.807) is 6.92 Å². The summed E-state index contributed by atoms with van der Waals surface area (Å²) >= 11 is 1.52. The monoisotopic (exact) mass is 390 g/mol. The van der Waals surface area contributed by atoms with Gasteiger partial charge in [0.25, 0.3) is 0 Å². The number of ether oxygens (including phenoxy) is 1. The highest BCUT2D eigenvalue weighted by atomic mass is 32.2. The zero-order chi connectivity index (χ0) is 19.5. The number of carboxylic acid groups (broad SMARTS) is 1. The largest absolute Gasteiger partial charge is 0.481 e. The molecule has 1 fully saturated rings. The van der Waals surface area contributed by atoms with Crippen LogP contribution in [0.1, 0.15) is 46.0 Å². The van der Waals surface area contributed by atoms with Gasteiger partial charge in [0.1, 0.15) is 0 Å². The van der Waals surface area contributed by atoms with Gasteiger partial charge in [-0.15, -0.1) is 0 Å². The molecule has 6 atom stereocenters. The highest BCUT2D eigenvalue weighted by molar-refractivity contribution is 8.00. The second-order valence-corrected chi connectivity index (χ2v) is 8.21. The molecule has 0 aromatic rings. The molecule has 0 aromatic heterocycles. The van der Waals surface area contributed by atoms with Gasteiger partial charge in [-0.2, -0.15) is 11.8 Å². The Bertz CT molecular complexity index is 430. The normalized spacial score (nSPS) is 28.5. The van der Waals surface area contributed by atoms with Crippen LogP contribution in [-0.2, 0) is 9.53 Å². The summed E-state index contributed by atoms with van der Waals surface area (Å²) in [5, 5.41) is 39.2. The first-order chi connectivity index (χ1) is 12.4. The third kappa shape index (κ3) is 8.39. The number of hydrogen-bond acceptors (Lipinski definition) is 6. The molecule has 0 amide bonds. The first-order valence-electron chi connectivity index (χ1n) is 9.48. The van der Waals surface area contributed by atoms with Gasteiger partial charge in [-0.3, -0.25) is 4.79 Å². The molecule has 0 aromatic carbocycles. The summed E-state index contributed by atoms with van der Waals surface area (Å²) in [6.45, 7) is 4.76. The summed E-state index contributed by atoms with van der Waals surface area (Å²) in [7, 11) is 0. The molecule has 0 saturated heterocycles. The maximum Gasteiger partial charge on any atom is 0.306 e. The molecule has 0 spiro atoms. The van der Waals surface area contributed by atoms with Crippen molar-refractivity contribution in [3.05, 3.63) is 12.2 Å². The molecule has 0 bridgehead atoms. The summed E-state index contributed by atoms with van der Waals surface area (Å²) < 4.78 is 5.24. The summed E-state index contributed by atoms with van der Waals surface area (Å²) in [6.07, 6.45) is 5.18. The van der Waals surface area contributed by atoms with E-state index in [0.717, 1.165) is 0 Å².